The van der Waals surface area contributed by atoms with Crippen molar-refractivity contribution in [3.8, 4) is 10.4 Å². The Kier molecular flexibility index (Phi) is 5.14. The molecule has 8 heteroatoms. The Hall–Kier alpha value is -2.71. The van der Waals surface area contributed by atoms with Gasteiger partial charge < -0.3 is 15.0 Å². The molecule has 1 amide bonds. The van der Waals surface area contributed by atoms with Gasteiger partial charge in [-0.15, -0.1) is 11.3 Å². The molecule has 7 nitrogen and oxygen atoms in total. The van der Waals surface area contributed by atoms with E-state index in [9.17, 15) is 4.79 Å². The van der Waals surface area contributed by atoms with E-state index in [2.05, 4.69) is 29.2 Å². The van der Waals surface area contributed by atoms with Gasteiger partial charge in [-0.05, 0) is 37.1 Å². The van der Waals surface area contributed by atoms with Gasteiger partial charge in [-0.1, -0.05) is 6.92 Å². The smallest absolute Gasteiger partial charge is 0.255 e. The molecule has 0 radical (unpaired) electrons. The van der Waals surface area contributed by atoms with E-state index in [-0.39, 0.29) is 11.4 Å². The molecule has 1 aliphatic rings. The topological polar surface area (TPSA) is 72.3 Å². The summed E-state index contributed by atoms with van der Waals surface area (Å²) in [6.07, 6.45) is 4.38. The predicted molar refractivity (Wildman–Crippen MR) is 115 cm³/mol. The van der Waals surface area contributed by atoms with E-state index < -0.39 is 0 Å². The largest absolute Gasteiger partial charge is 0.383 e. The number of rotatable bonds is 7. The lowest BCUT2D eigenvalue weighted by Crippen LogP contribution is -2.42. The highest BCUT2D eigenvalue weighted by Gasteiger charge is 2.46. The molecule has 0 spiro atoms. The Balaban J connectivity index is 1.65. The van der Waals surface area contributed by atoms with Crippen LogP contribution >= 0.6 is 11.3 Å². The van der Waals surface area contributed by atoms with Crippen molar-refractivity contribution in [3.05, 3.63) is 47.1 Å². The molecular weight excluding hydrogens is 386 g/mol. The van der Waals surface area contributed by atoms with Gasteiger partial charge in [0.1, 0.15) is 11.6 Å². The maximum atomic E-state index is 13.1. The average molecular weight is 412 g/mol. The monoisotopic (exact) mass is 411 g/mol. The van der Waals surface area contributed by atoms with Gasteiger partial charge in [-0.2, -0.15) is 5.10 Å². The molecule has 0 aromatic carbocycles. The second-order valence-electron chi connectivity index (χ2n) is 7.33. The number of methoxy groups -OCH3 is 1. The Labute approximate surface area is 174 Å². The number of fused-ring (bicyclic) bond motifs is 1. The second kappa shape index (κ2) is 7.61. The fourth-order valence-electron chi connectivity index (χ4n) is 3.75. The molecule has 1 unspecified atom stereocenters. The van der Waals surface area contributed by atoms with Crippen molar-refractivity contribution in [3.63, 3.8) is 0 Å². The van der Waals surface area contributed by atoms with Gasteiger partial charge in [0, 0.05) is 42.7 Å². The van der Waals surface area contributed by atoms with Crippen LogP contribution in [0.25, 0.3) is 10.4 Å². The highest BCUT2D eigenvalue weighted by Crippen LogP contribution is 2.48. The van der Waals surface area contributed by atoms with Crippen LogP contribution in [0.15, 0.2) is 36.7 Å². The van der Waals surface area contributed by atoms with Crippen molar-refractivity contribution in [2.45, 2.75) is 25.8 Å². The van der Waals surface area contributed by atoms with Crippen LogP contribution in [0.4, 0.5) is 11.6 Å². The molecule has 1 atom stereocenters. The molecule has 29 heavy (non-hydrogen) atoms. The Morgan fingerprint density at radius 1 is 1.28 bits per heavy atom. The third-order valence-corrected chi connectivity index (χ3v) is 7.06. The Morgan fingerprint density at radius 3 is 2.79 bits per heavy atom. The first-order valence-electron chi connectivity index (χ1n) is 9.64. The number of amides is 1. The van der Waals surface area contributed by atoms with Crippen molar-refractivity contribution < 1.29 is 9.53 Å². The number of carbonyl (C=O) groups is 1. The number of hydrogen-bond donors (Lipinski definition) is 1. The lowest BCUT2D eigenvalue weighted by molar-refractivity contribution is 0.0476. The first-order chi connectivity index (χ1) is 14.0. The number of nitrogens with one attached hydrogen (secondary N) is 1. The number of anilines is 2. The summed E-state index contributed by atoms with van der Waals surface area (Å²) in [5.41, 5.74) is 1.55. The number of thiophene rings is 1. The number of nitrogens with zero attached hydrogens (tertiary/aromatic N) is 4. The van der Waals surface area contributed by atoms with Gasteiger partial charge in [0.15, 0.2) is 0 Å². The van der Waals surface area contributed by atoms with Crippen LogP contribution in [-0.4, -0.2) is 45.8 Å². The quantitative estimate of drug-likeness (QED) is 0.636. The van der Waals surface area contributed by atoms with Crippen LogP contribution in [0.2, 0.25) is 0 Å². The van der Waals surface area contributed by atoms with E-state index in [0.717, 1.165) is 38.9 Å². The van der Waals surface area contributed by atoms with Gasteiger partial charge in [0.25, 0.3) is 5.91 Å². The van der Waals surface area contributed by atoms with Crippen molar-refractivity contribution in [1.82, 2.24) is 19.7 Å². The summed E-state index contributed by atoms with van der Waals surface area (Å²) in [4.78, 5) is 21.6. The van der Waals surface area contributed by atoms with Crippen LogP contribution in [0.5, 0.6) is 0 Å². The molecule has 0 bridgehead atoms. The maximum Gasteiger partial charge on any atom is 0.255 e. The molecule has 1 N–H and O–H groups in total. The molecule has 0 saturated carbocycles. The van der Waals surface area contributed by atoms with Gasteiger partial charge in [0.05, 0.1) is 23.9 Å². The van der Waals surface area contributed by atoms with E-state index in [1.54, 1.807) is 35.5 Å². The minimum Gasteiger partial charge on any atom is -0.383 e. The molecule has 4 heterocycles. The number of ether oxygens (including phenoxy) is 1. The molecule has 0 fully saturated rings. The summed E-state index contributed by atoms with van der Waals surface area (Å²) in [7, 11) is 3.54. The third kappa shape index (κ3) is 3.32. The predicted octanol–water partition coefficient (Wildman–Crippen LogP) is 4.01. The summed E-state index contributed by atoms with van der Waals surface area (Å²) in [6, 6.07) is 7.90. The molecule has 3 aromatic heterocycles. The van der Waals surface area contributed by atoms with Crippen LogP contribution in [0.3, 0.4) is 0 Å². The van der Waals surface area contributed by atoms with Crippen molar-refractivity contribution >= 4 is 28.9 Å². The summed E-state index contributed by atoms with van der Waals surface area (Å²) in [6.45, 7) is 5.42. The van der Waals surface area contributed by atoms with E-state index in [1.165, 1.54) is 0 Å². The Bertz CT molecular complexity index is 1040. The zero-order chi connectivity index (χ0) is 20.6. The lowest BCUT2D eigenvalue weighted by Gasteiger charge is -2.34. The summed E-state index contributed by atoms with van der Waals surface area (Å²) >= 11 is 1.69. The van der Waals surface area contributed by atoms with Crippen molar-refractivity contribution in [1.29, 1.82) is 0 Å². The highest BCUT2D eigenvalue weighted by atomic mass is 32.1. The van der Waals surface area contributed by atoms with Crippen LogP contribution in [0, 0.1) is 0 Å². The standard InChI is InChI=1S/C21H25N5O2S/c1-5-21(2)19-15(20(27)26(21)10-11-28-4)13-16(29-19)14-6-8-22-17(12-14)24-18-7-9-23-25(18)3/h6-9,12-13H,5,10-11H2,1-4H3,(H,22,24). The number of pyridine rings is 1. The van der Waals surface area contributed by atoms with Crippen molar-refractivity contribution in [2.75, 3.05) is 25.6 Å². The molecule has 0 saturated heterocycles. The number of aryl methyl sites for hydroxylation is 1. The lowest BCUT2D eigenvalue weighted by atomic mass is 9.97. The van der Waals surface area contributed by atoms with Crippen molar-refractivity contribution in [2.24, 2.45) is 7.05 Å². The van der Waals surface area contributed by atoms with E-state index in [4.69, 9.17) is 4.74 Å². The maximum absolute atomic E-state index is 13.1. The van der Waals surface area contributed by atoms with E-state index in [1.807, 2.05) is 36.2 Å². The van der Waals surface area contributed by atoms with Crippen LogP contribution in [-0.2, 0) is 17.3 Å². The number of carbonyl (C=O) groups excluding carboxylic acids is 1. The second-order valence-corrected chi connectivity index (χ2v) is 8.38. The first kappa shape index (κ1) is 19.6. The molecule has 1 aliphatic heterocycles. The normalized spacial score (nSPS) is 18.3. The van der Waals surface area contributed by atoms with Gasteiger partial charge >= 0.3 is 0 Å². The Morgan fingerprint density at radius 2 is 2.10 bits per heavy atom. The third-order valence-electron chi connectivity index (χ3n) is 5.62. The molecule has 3 aromatic rings. The molecule has 4 rings (SSSR count). The zero-order valence-electron chi connectivity index (χ0n) is 17.1. The van der Waals surface area contributed by atoms with Gasteiger partial charge in [-0.3, -0.25) is 9.48 Å². The SMILES string of the molecule is CCC1(C)c2sc(-c3ccnc(Nc4ccnn4C)c3)cc2C(=O)N1CCOC. The zero-order valence-corrected chi connectivity index (χ0v) is 17.9. The number of aromatic nitrogens is 3. The average Bonchev–Trinajstić information content (AvgIpc) is 3.39. The minimum atomic E-state index is -0.295. The summed E-state index contributed by atoms with van der Waals surface area (Å²) in [5, 5.41) is 7.45. The van der Waals surface area contributed by atoms with E-state index in [0.29, 0.717) is 13.2 Å². The minimum absolute atomic E-state index is 0.0891. The van der Waals surface area contributed by atoms with Crippen LogP contribution < -0.4 is 5.32 Å². The van der Waals surface area contributed by atoms with Gasteiger partial charge in [0.2, 0.25) is 0 Å². The fraction of sp³-hybridized carbons (Fsp3) is 0.381. The summed E-state index contributed by atoms with van der Waals surface area (Å²) in [5.74, 6) is 1.70. The first-order valence-corrected chi connectivity index (χ1v) is 10.5. The molecule has 152 valence electrons. The number of hydrogen-bond acceptors (Lipinski definition) is 6. The fourth-order valence-corrected chi connectivity index (χ4v) is 5.12. The van der Waals surface area contributed by atoms with Gasteiger partial charge in [-0.25, -0.2) is 4.98 Å². The van der Waals surface area contributed by atoms with E-state index >= 15 is 0 Å². The molecular formula is C21H25N5O2S. The highest BCUT2D eigenvalue weighted by molar-refractivity contribution is 7.16. The molecule has 0 aliphatic carbocycles. The van der Waals surface area contributed by atoms with Crippen LogP contribution in [0.1, 0.15) is 35.5 Å². The summed E-state index contributed by atoms with van der Waals surface area (Å²) < 4.78 is 6.97.